The van der Waals surface area contributed by atoms with Crippen LogP contribution in [0.5, 0.6) is 0 Å². The zero-order valence-corrected chi connectivity index (χ0v) is 19.5. The normalized spacial score (nSPS) is 22.8. The molecule has 0 aliphatic carbocycles. The Balaban J connectivity index is 1.34. The Morgan fingerprint density at radius 3 is 2.70 bits per heavy atom. The van der Waals surface area contributed by atoms with Gasteiger partial charge in [-0.15, -0.1) is 0 Å². The van der Waals surface area contributed by atoms with E-state index in [9.17, 15) is 9.18 Å². The minimum atomic E-state index is -0.881. The number of aryl methyl sites for hydroxylation is 2. The molecule has 33 heavy (non-hydrogen) atoms. The quantitative estimate of drug-likeness (QED) is 0.697. The largest absolute Gasteiger partial charge is 0.380 e. The van der Waals surface area contributed by atoms with E-state index in [1.807, 2.05) is 24.7 Å². The molecule has 1 aromatic heterocycles. The molecular formula is C24H30FN5O3. The Labute approximate surface area is 193 Å². The molecule has 2 fully saturated rings. The van der Waals surface area contributed by atoms with Crippen molar-refractivity contribution in [3.8, 4) is 0 Å². The number of nitrogens with one attached hydrogen (secondary N) is 1. The second-order valence-corrected chi connectivity index (χ2v) is 9.25. The Morgan fingerprint density at radius 1 is 1.33 bits per heavy atom. The van der Waals surface area contributed by atoms with Crippen LogP contribution in [-0.4, -0.2) is 47.0 Å². The van der Waals surface area contributed by atoms with E-state index in [2.05, 4.69) is 20.0 Å². The van der Waals surface area contributed by atoms with Crippen LogP contribution in [-0.2, 0) is 21.3 Å². The predicted molar refractivity (Wildman–Crippen MR) is 121 cm³/mol. The topological polar surface area (TPSA) is 73.0 Å². The number of halogens is 1. The molecule has 0 saturated carbocycles. The van der Waals surface area contributed by atoms with Gasteiger partial charge >= 0.3 is 0 Å². The van der Waals surface area contributed by atoms with Crippen LogP contribution in [0.1, 0.15) is 44.3 Å². The summed E-state index contributed by atoms with van der Waals surface area (Å²) in [6.45, 7) is 14.8. The summed E-state index contributed by atoms with van der Waals surface area (Å²) in [5, 5.41) is 3.05. The summed E-state index contributed by atoms with van der Waals surface area (Å²) in [6, 6.07) is 4.34. The van der Waals surface area contributed by atoms with Gasteiger partial charge in [0.15, 0.2) is 18.0 Å². The van der Waals surface area contributed by atoms with E-state index in [0.29, 0.717) is 24.0 Å². The van der Waals surface area contributed by atoms with Crippen molar-refractivity contribution in [3.05, 3.63) is 53.1 Å². The number of piperidine rings is 1. The minimum Gasteiger partial charge on any atom is -0.380 e. The molecule has 8 nitrogen and oxygen atoms in total. The van der Waals surface area contributed by atoms with Gasteiger partial charge in [0, 0.05) is 38.6 Å². The number of amides is 1. The molecule has 2 saturated heterocycles. The Hall–Kier alpha value is -2.96. The fraction of sp³-hybridized carbons (Fsp3) is 0.542. The molecule has 0 unspecified atom stereocenters. The zero-order valence-electron chi connectivity index (χ0n) is 19.5. The lowest BCUT2D eigenvalue weighted by atomic mass is 9.96. The van der Waals surface area contributed by atoms with Crippen LogP contribution < -0.4 is 10.2 Å². The zero-order chi connectivity index (χ0) is 23.8. The molecule has 0 spiro atoms. The maximum absolute atomic E-state index is 13.4. The van der Waals surface area contributed by atoms with Gasteiger partial charge < -0.3 is 24.3 Å². The standard InChI is InChI=1S/C24H30FN5O3/c1-15-14-29(5)22(28-15)20-21(33-24(2,3)32-20)23(31)27-13-16-8-10-30(11-9-16)19-7-6-17(25)12-18(19)26-4/h6-7,12,14,16,20-21H,8-11,13H2,1-3,5H3,(H,27,31)/t20-,21-/m1/s1. The molecule has 1 amide bonds. The number of ether oxygens (including phenoxy) is 2. The van der Waals surface area contributed by atoms with Crippen LogP contribution in [0.15, 0.2) is 24.4 Å². The lowest BCUT2D eigenvalue weighted by Gasteiger charge is -2.34. The summed E-state index contributed by atoms with van der Waals surface area (Å²) in [5.74, 6) is -0.508. The molecule has 176 valence electrons. The fourth-order valence-corrected chi connectivity index (χ4v) is 4.62. The highest BCUT2D eigenvalue weighted by atomic mass is 19.1. The number of rotatable bonds is 5. The number of anilines is 1. The molecule has 0 bridgehead atoms. The molecule has 1 aromatic carbocycles. The van der Waals surface area contributed by atoms with Crippen molar-refractivity contribution in [2.75, 3.05) is 24.5 Å². The summed E-state index contributed by atoms with van der Waals surface area (Å²) in [4.78, 5) is 23.1. The van der Waals surface area contributed by atoms with Crippen LogP contribution in [0.3, 0.4) is 0 Å². The lowest BCUT2D eigenvalue weighted by Crippen LogP contribution is -2.43. The molecule has 0 radical (unpaired) electrons. The first-order chi connectivity index (χ1) is 15.7. The summed E-state index contributed by atoms with van der Waals surface area (Å²) in [7, 11) is 1.88. The second kappa shape index (κ2) is 9.12. The van der Waals surface area contributed by atoms with Crippen molar-refractivity contribution in [2.45, 2.75) is 51.6 Å². The highest BCUT2D eigenvalue weighted by Gasteiger charge is 2.47. The third kappa shape index (κ3) is 5.02. The Kier molecular flexibility index (Phi) is 6.41. The lowest BCUT2D eigenvalue weighted by molar-refractivity contribution is -0.156. The Morgan fingerprint density at radius 2 is 2.06 bits per heavy atom. The first-order valence-electron chi connectivity index (χ1n) is 11.2. The van der Waals surface area contributed by atoms with Crippen molar-refractivity contribution in [1.82, 2.24) is 14.9 Å². The van der Waals surface area contributed by atoms with E-state index in [1.165, 1.54) is 12.1 Å². The van der Waals surface area contributed by atoms with Crippen molar-refractivity contribution in [3.63, 3.8) is 0 Å². The van der Waals surface area contributed by atoms with Gasteiger partial charge in [-0.25, -0.2) is 14.2 Å². The van der Waals surface area contributed by atoms with E-state index < -0.39 is 23.8 Å². The van der Waals surface area contributed by atoms with Crippen LogP contribution in [0.2, 0.25) is 0 Å². The maximum Gasteiger partial charge on any atom is 0.252 e. The highest BCUT2D eigenvalue weighted by molar-refractivity contribution is 5.82. The molecule has 2 aromatic rings. The molecule has 4 rings (SSSR count). The number of hydrogen-bond donors (Lipinski definition) is 1. The SMILES string of the molecule is [C-]#[N+]c1cc(F)ccc1N1CCC(CNC(=O)[C@@H]2OC(C)(C)O[C@H]2c2nc(C)cn2C)CC1. The molecule has 2 atom stereocenters. The van der Waals surface area contributed by atoms with Crippen LogP contribution >= 0.6 is 0 Å². The third-order valence-corrected chi connectivity index (χ3v) is 6.22. The van der Waals surface area contributed by atoms with Gasteiger partial charge in [-0.3, -0.25) is 4.79 Å². The van der Waals surface area contributed by atoms with Crippen molar-refractivity contribution in [2.24, 2.45) is 13.0 Å². The Bertz CT molecular complexity index is 1070. The highest BCUT2D eigenvalue weighted by Crippen LogP contribution is 2.38. The van der Waals surface area contributed by atoms with Crippen molar-refractivity contribution < 1.29 is 18.7 Å². The summed E-state index contributed by atoms with van der Waals surface area (Å²) in [5.41, 5.74) is 1.95. The molecule has 2 aliphatic rings. The van der Waals surface area contributed by atoms with Gasteiger partial charge in [0.05, 0.1) is 12.3 Å². The average molecular weight is 456 g/mol. The van der Waals surface area contributed by atoms with Gasteiger partial charge in [-0.2, -0.15) is 0 Å². The fourth-order valence-electron chi connectivity index (χ4n) is 4.62. The first kappa shape index (κ1) is 23.2. The summed E-state index contributed by atoms with van der Waals surface area (Å²) >= 11 is 0. The molecule has 1 N–H and O–H groups in total. The predicted octanol–water partition coefficient (Wildman–Crippen LogP) is 3.64. The van der Waals surface area contributed by atoms with Gasteiger partial charge in [-0.05, 0) is 57.7 Å². The maximum atomic E-state index is 13.4. The summed E-state index contributed by atoms with van der Waals surface area (Å²) < 4.78 is 27.3. The minimum absolute atomic E-state index is 0.206. The van der Waals surface area contributed by atoms with E-state index in [1.54, 1.807) is 19.9 Å². The van der Waals surface area contributed by atoms with E-state index >= 15 is 0 Å². The van der Waals surface area contributed by atoms with Gasteiger partial charge in [-0.1, -0.05) is 0 Å². The molecule has 9 heteroatoms. The van der Waals surface area contributed by atoms with E-state index in [0.717, 1.165) is 37.3 Å². The van der Waals surface area contributed by atoms with E-state index in [-0.39, 0.29) is 5.91 Å². The number of aromatic nitrogens is 2. The first-order valence-corrected chi connectivity index (χ1v) is 11.2. The summed E-state index contributed by atoms with van der Waals surface area (Å²) in [6.07, 6.45) is 2.27. The number of imidazole rings is 1. The number of carbonyl (C=O) groups excluding carboxylic acids is 1. The number of carbonyl (C=O) groups is 1. The van der Waals surface area contributed by atoms with Crippen molar-refractivity contribution >= 4 is 17.3 Å². The number of hydrogen-bond acceptors (Lipinski definition) is 5. The molecular weight excluding hydrogens is 425 g/mol. The third-order valence-electron chi connectivity index (χ3n) is 6.22. The number of benzene rings is 1. The molecule has 2 aliphatic heterocycles. The van der Waals surface area contributed by atoms with Crippen LogP contribution in [0, 0.1) is 25.2 Å². The van der Waals surface area contributed by atoms with Crippen molar-refractivity contribution in [1.29, 1.82) is 0 Å². The monoisotopic (exact) mass is 455 g/mol. The second-order valence-electron chi connectivity index (χ2n) is 9.25. The smallest absolute Gasteiger partial charge is 0.252 e. The average Bonchev–Trinajstić information content (AvgIpc) is 3.29. The van der Waals surface area contributed by atoms with E-state index in [4.69, 9.17) is 16.0 Å². The molecule has 3 heterocycles. The van der Waals surface area contributed by atoms with Crippen LogP contribution in [0.4, 0.5) is 15.8 Å². The van der Waals surface area contributed by atoms with Gasteiger partial charge in [0.2, 0.25) is 5.69 Å². The van der Waals surface area contributed by atoms with Crippen LogP contribution in [0.25, 0.3) is 4.85 Å². The van der Waals surface area contributed by atoms with Gasteiger partial charge in [0.25, 0.3) is 5.91 Å². The number of nitrogens with zero attached hydrogens (tertiary/aromatic N) is 4. The van der Waals surface area contributed by atoms with Gasteiger partial charge in [0.1, 0.15) is 11.6 Å².